The summed E-state index contributed by atoms with van der Waals surface area (Å²) in [7, 11) is 3.57. The first-order chi connectivity index (χ1) is 22.6. The highest BCUT2D eigenvalue weighted by Gasteiger charge is 2.49. The number of carbonyl (C=O) groups excluding carboxylic acids is 3. The maximum absolute atomic E-state index is 12.7. The number of ether oxygens (including phenoxy) is 1. The molecule has 0 radical (unpaired) electrons. The van der Waals surface area contributed by atoms with Crippen LogP contribution in [0.1, 0.15) is 77.3 Å². The topological polar surface area (TPSA) is 92.7 Å². The molecule has 0 N–H and O–H groups in total. The van der Waals surface area contributed by atoms with E-state index in [2.05, 4.69) is 47.9 Å². The third-order valence-corrected chi connectivity index (χ3v) is 11.4. The number of fused-ring (bicyclic) bond motifs is 4. The van der Waals surface area contributed by atoms with E-state index < -0.39 is 11.7 Å². The number of Topliss-reactive ketones (excluding diaryl/α,β-unsaturated/α-hetero) is 1. The minimum absolute atomic E-state index is 0.141. The van der Waals surface area contributed by atoms with Gasteiger partial charge in [0, 0.05) is 39.2 Å². The van der Waals surface area contributed by atoms with Crippen molar-refractivity contribution in [3.8, 4) is 0 Å². The number of halogens is 2. The van der Waals surface area contributed by atoms with E-state index in [-0.39, 0.29) is 22.5 Å². The Morgan fingerprint density at radius 2 is 1.52 bits per heavy atom. The zero-order valence-corrected chi connectivity index (χ0v) is 31.6. The summed E-state index contributed by atoms with van der Waals surface area (Å²) >= 11 is 7.08. The highest BCUT2D eigenvalue weighted by molar-refractivity contribution is 9.10. The predicted octanol–water partition coefficient (Wildman–Crippen LogP) is 9.36. The summed E-state index contributed by atoms with van der Waals surface area (Å²) in [6.07, 6.45) is 10.6. The maximum Gasteiger partial charge on any atom is 0.414 e. The van der Waals surface area contributed by atoms with Crippen LogP contribution in [-0.2, 0) is 27.2 Å². The molecule has 10 heteroatoms. The van der Waals surface area contributed by atoms with Crippen LogP contribution in [0.15, 0.2) is 57.7 Å². The molecule has 7 rings (SSSR count). The standard InChI is InChI=1S/C22H27BrN2O3.C16H15BrN2O/c1-14(26)22(9-6-10-22)12-17-16-11-15(23)7-8-18(16)24-13-19(17)25(5)20(27)28-21(2,3)4;1-19-14-9-18-13-4-3-10(17)7-11(13)12(14)8-16(15(19)20)5-2-6-16/h7-8,11,13H,6,9-10,12H2,1-5H3;3-4,7,9H,2,5-6,8H2,1H3. The number of hydrogen-bond donors (Lipinski definition) is 0. The first-order valence-electron chi connectivity index (χ1n) is 16.5. The fourth-order valence-corrected chi connectivity index (χ4v) is 7.99. The number of carbonyl (C=O) groups is 3. The molecule has 2 saturated carbocycles. The Bertz CT molecular complexity index is 1950. The molecule has 3 heterocycles. The average molecular weight is 779 g/mol. The zero-order valence-electron chi connectivity index (χ0n) is 28.5. The van der Waals surface area contributed by atoms with Gasteiger partial charge in [-0.2, -0.15) is 0 Å². The molecule has 2 aliphatic carbocycles. The summed E-state index contributed by atoms with van der Waals surface area (Å²) < 4.78 is 7.54. The molecule has 0 atom stereocenters. The van der Waals surface area contributed by atoms with Crippen molar-refractivity contribution in [2.45, 2.75) is 84.7 Å². The van der Waals surface area contributed by atoms with Crippen molar-refractivity contribution in [1.82, 2.24) is 9.97 Å². The molecule has 3 aliphatic rings. The summed E-state index contributed by atoms with van der Waals surface area (Å²) in [5.74, 6) is 0.483. The third kappa shape index (κ3) is 6.38. The Balaban J connectivity index is 0.000000176. The quantitative estimate of drug-likeness (QED) is 0.205. The molecule has 48 heavy (non-hydrogen) atoms. The van der Waals surface area contributed by atoms with E-state index in [4.69, 9.17) is 4.74 Å². The van der Waals surface area contributed by atoms with Crippen molar-refractivity contribution in [3.63, 3.8) is 0 Å². The van der Waals surface area contributed by atoms with Gasteiger partial charge in [0.1, 0.15) is 11.4 Å². The van der Waals surface area contributed by atoms with E-state index in [1.54, 1.807) is 20.2 Å². The molecular weight excluding hydrogens is 736 g/mol. The number of ketones is 1. The van der Waals surface area contributed by atoms with Crippen molar-refractivity contribution < 1.29 is 19.1 Å². The van der Waals surface area contributed by atoms with Crippen molar-refractivity contribution in [2.75, 3.05) is 23.9 Å². The van der Waals surface area contributed by atoms with Crippen LogP contribution in [0.4, 0.5) is 16.2 Å². The van der Waals surface area contributed by atoms with Gasteiger partial charge in [0.05, 0.1) is 40.2 Å². The van der Waals surface area contributed by atoms with Gasteiger partial charge in [0.2, 0.25) is 5.91 Å². The van der Waals surface area contributed by atoms with Gasteiger partial charge >= 0.3 is 6.09 Å². The van der Waals surface area contributed by atoms with Gasteiger partial charge in [0.25, 0.3) is 0 Å². The number of nitrogens with zero attached hydrogens (tertiary/aromatic N) is 4. The van der Waals surface area contributed by atoms with Crippen LogP contribution in [0, 0.1) is 10.8 Å². The molecule has 2 amide bonds. The lowest BCUT2D eigenvalue weighted by Gasteiger charge is -2.47. The Hall–Kier alpha value is -3.37. The molecule has 8 nitrogen and oxygen atoms in total. The van der Waals surface area contributed by atoms with E-state index in [0.717, 1.165) is 75.1 Å². The lowest BCUT2D eigenvalue weighted by Crippen LogP contribution is -2.51. The molecule has 1 spiro atoms. The van der Waals surface area contributed by atoms with E-state index >= 15 is 0 Å². The van der Waals surface area contributed by atoms with Gasteiger partial charge in [-0.1, -0.05) is 44.7 Å². The fraction of sp³-hybridized carbons (Fsp3) is 0.447. The Kier molecular flexibility index (Phi) is 9.22. The second-order valence-electron chi connectivity index (χ2n) is 14.6. The smallest absolute Gasteiger partial charge is 0.414 e. The van der Waals surface area contributed by atoms with Gasteiger partial charge in [-0.25, -0.2) is 4.79 Å². The maximum atomic E-state index is 12.7. The Morgan fingerprint density at radius 1 is 0.938 bits per heavy atom. The normalized spacial score (nSPS) is 17.6. The molecule has 0 saturated heterocycles. The number of pyridine rings is 2. The minimum atomic E-state index is -0.590. The predicted molar refractivity (Wildman–Crippen MR) is 198 cm³/mol. The minimum Gasteiger partial charge on any atom is -0.443 e. The van der Waals surface area contributed by atoms with Crippen molar-refractivity contribution >= 4 is 82.8 Å². The first kappa shape index (κ1) is 34.5. The van der Waals surface area contributed by atoms with E-state index in [9.17, 15) is 14.4 Å². The van der Waals surface area contributed by atoms with Crippen molar-refractivity contribution in [1.29, 1.82) is 0 Å². The number of hydrogen-bond acceptors (Lipinski definition) is 6. The summed E-state index contributed by atoms with van der Waals surface area (Å²) in [5.41, 5.74) is 4.67. The third-order valence-electron chi connectivity index (χ3n) is 10.4. The largest absolute Gasteiger partial charge is 0.443 e. The van der Waals surface area contributed by atoms with Crippen molar-refractivity contribution in [3.05, 3.63) is 68.9 Å². The SMILES string of the molecule is CC(=O)C1(Cc2c(N(C)C(=O)OC(C)(C)C)cnc3ccc(Br)cc23)CCC1.CN1C(=O)C2(CCC2)Cc2c1cnc1ccc(Br)cc21. The Labute approximate surface area is 298 Å². The van der Waals surface area contributed by atoms with Gasteiger partial charge in [0.15, 0.2) is 0 Å². The van der Waals surface area contributed by atoms with Crippen LogP contribution in [0.25, 0.3) is 21.8 Å². The number of anilines is 2. The lowest BCUT2D eigenvalue weighted by molar-refractivity contribution is -0.133. The molecule has 252 valence electrons. The summed E-state index contributed by atoms with van der Waals surface area (Å²) in [4.78, 5) is 50.1. The highest BCUT2D eigenvalue weighted by atomic mass is 79.9. The number of amides is 2. The van der Waals surface area contributed by atoms with Crippen LogP contribution >= 0.6 is 31.9 Å². The molecule has 2 aromatic heterocycles. The second kappa shape index (κ2) is 12.8. The van der Waals surface area contributed by atoms with Crippen molar-refractivity contribution in [2.24, 2.45) is 10.8 Å². The van der Waals surface area contributed by atoms with Gasteiger partial charge in [-0.3, -0.25) is 24.5 Å². The number of benzene rings is 2. The van der Waals surface area contributed by atoms with Crippen LogP contribution in [-0.4, -0.2) is 47.4 Å². The fourth-order valence-electron chi connectivity index (χ4n) is 7.27. The van der Waals surface area contributed by atoms with E-state index in [0.29, 0.717) is 12.1 Å². The number of aromatic nitrogens is 2. The molecule has 1 aliphatic heterocycles. The zero-order chi connectivity index (χ0) is 34.6. The average Bonchev–Trinajstić information content (AvgIpc) is 2.98. The number of rotatable bonds is 4. The molecule has 2 fully saturated rings. The second-order valence-corrected chi connectivity index (χ2v) is 16.5. The molecule has 0 unspecified atom stereocenters. The summed E-state index contributed by atoms with van der Waals surface area (Å²) in [5, 5.41) is 2.12. The molecule has 2 aromatic carbocycles. The van der Waals surface area contributed by atoms with Gasteiger partial charge in [-0.15, -0.1) is 0 Å². The van der Waals surface area contributed by atoms with E-state index in [1.807, 2.05) is 69.2 Å². The molecule has 0 bridgehead atoms. The van der Waals surface area contributed by atoms with Crippen LogP contribution in [0.5, 0.6) is 0 Å². The molecule has 4 aromatic rings. The summed E-state index contributed by atoms with van der Waals surface area (Å²) in [6.45, 7) is 7.20. The molecular formula is C38H42Br2N4O4. The highest BCUT2D eigenvalue weighted by Crippen LogP contribution is 2.51. The summed E-state index contributed by atoms with van der Waals surface area (Å²) in [6, 6.07) is 12.1. The van der Waals surface area contributed by atoms with Crippen LogP contribution in [0.2, 0.25) is 0 Å². The van der Waals surface area contributed by atoms with Crippen LogP contribution in [0.3, 0.4) is 0 Å². The lowest BCUT2D eigenvalue weighted by atomic mass is 9.62. The first-order valence-corrected chi connectivity index (χ1v) is 18.1. The monoisotopic (exact) mass is 776 g/mol. The Morgan fingerprint density at radius 3 is 2.06 bits per heavy atom. The van der Waals surface area contributed by atoms with Gasteiger partial charge in [-0.05, 0) is 114 Å². The van der Waals surface area contributed by atoms with E-state index in [1.165, 1.54) is 22.3 Å². The van der Waals surface area contributed by atoms with Gasteiger partial charge < -0.3 is 9.64 Å². The van der Waals surface area contributed by atoms with Crippen LogP contribution < -0.4 is 9.80 Å².